The normalized spacial score (nSPS) is 16.8. The number of nitrogens with zero attached hydrogens (tertiary/aromatic N) is 3. The van der Waals surface area contributed by atoms with E-state index in [1.54, 1.807) is 0 Å². The predicted molar refractivity (Wildman–Crippen MR) is 114 cm³/mol. The van der Waals surface area contributed by atoms with Crippen molar-refractivity contribution in [2.24, 2.45) is 13.0 Å². The van der Waals surface area contributed by atoms with Crippen molar-refractivity contribution in [1.29, 1.82) is 0 Å². The van der Waals surface area contributed by atoms with E-state index in [0.717, 1.165) is 42.7 Å². The summed E-state index contributed by atoms with van der Waals surface area (Å²) in [5.74, 6) is 0.228. The van der Waals surface area contributed by atoms with Crippen molar-refractivity contribution in [3.8, 4) is 0 Å². The van der Waals surface area contributed by atoms with Gasteiger partial charge < -0.3 is 10.6 Å². The molecule has 0 bridgehead atoms. The van der Waals surface area contributed by atoms with E-state index in [-0.39, 0.29) is 18.4 Å². The summed E-state index contributed by atoms with van der Waals surface area (Å²) in [5, 5.41) is 9.87. The molecule has 0 radical (unpaired) electrons. The molecule has 7 heteroatoms. The first kappa shape index (κ1) is 21.0. The van der Waals surface area contributed by atoms with Crippen LogP contribution >= 0.6 is 0 Å². The summed E-state index contributed by atoms with van der Waals surface area (Å²) in [5.41, 5.74) is 5.28. The molecule has 7 nitrogen and oxygen atoms in total. The van der Waals surface area contributed by atoms with Crippen LogP contribution in [0.25, 0.3) is 0 Å². The van der Waals surface area contributed by atoms with Crippen molar-refractivity contribution in [3.63, 3.8) is 0 Å². The molecule has 2 aromatic rings. The topological polar surface area (TPSA) is 79.3 Å². The fourth-order valence-corrected chi connectivity index (χ4v) is 4.13. The Kier molecular flexibility index (Phi) is 6.69. The Hall–Kier alpha value is -2.67. The zero-order valence-corrected chi connectivity index (χ0v) is 17.8. The Balaban J connectivity index is 1.40. The molecule has 0 spiro atoms. The highest BCUT2D eigenvalue weighted by atomic mass is 16.2. The summed E-state index contributed by atoms with van der Waals surface area (Å²) >= 11 is 0. The van der Waals surface area contributed by atoms with Crippen LogP contribution in [0.1, 0.15) is 28.7 Å². The number of aryl methyl sites for hydroxylation is 4. The number of benzene rings is 1. The Morgan fingerprint density at radius 3 is 2.55 bits per heavy atom. The fraction of sp³-hybridized carbons (Fsp3) is 0.500. The van der Waals surface area contributed by atoms with Crippen LogP contribution in [0.5, 0.6) is 0 Å². The van der Waals surface area contributed by atoms with Crippen molar-refractivity contribution in [3.05, 3.63) is 46.8 Å². The van der Waals surface area contributed by atoms with Crippen molar-refractivity contribution >= 4 is 17.5 Å². The molecule has 1 aliphatic rings. The largest absolute Gasteiger partial charge is 0.346 e. The van der Waals surface area contributed by atoms with Gasteiger partial charge in [-0.05, 0) is 62.8 Å². The highest BCUT2D eigenvalue weighted by molar-refractivity contribution is 5.96. The summed E-state index contributed by atoms with van der Waals surface area (Å²) in [6, 6.07) is 4.08. The second kappa shape index (κ2) is 9.22. The predicted octanol–water partition coefficient (Wildman–Crippen LogP) is 1.96. The number of carbonyl (C=O) groups is 2. The molecule has 1 aromatic carbocycles. The molecular weight excluding hydrogens is 366 g/mol. The smallest absolute Gasteiger partial charge is 0.243 e. The molecule has 2 N–H and O–H groups in total. The second-order valence-electron chi connectivity index (χ2n) is 8.21. The lowest BCUT2D eigenvalue weighted by atomic mass is 10.0. The minimum atomic E-state index is -0.204. The van der Waals surface area contributed by atoms with Gasteiger partial charge in [0.15, 0.2) is 0 Å². The first-order valence-corrected chi connectivity index (χ1v) is 10.1. The maximum Gasteiger partial charge on any atom is 0.243 e. The van der Waals surface area contributed by atoms with E-state index in [0.29, 0.717) is 12.5 Å². The average Bonchev–Trinajstić information content (AvgIpc) is 3.25. The summed E-state index contributed by atoms with van der Waals surface area (Å²) in [4.78, 5) is 26.7. The maximum absolute atomic E-state index is 12.3. The van der Waals surface area contributed by atoms with Gasteiger partial charge in [-0.2, -0.15) is 5.10 Å². The van der Waals surface area contributed by atoms with Gasteiger partial charge in [0, 0.05) is 25.5 Å². The molecule has 2 heterocycles. The number of nitrogens with one attached hydrogen (secondary N) is 2. The number of rotatable bonds is 7. The first-order valence-electron chi connectivity index (χ1n) is 10.1. The van der Waals surface area contributed by atoms with Gasteiger partial charge in [-0.1, -0.05) is 17.7 Å². The Morgan fingerprint density at radius 1 is 1.17 bits per heavy atom. The molecule has 156 valence electrons. The van der Waals surface area contributed by atoms with Crippen molar-refractivity contribution in [2.45, 2.75) is 33.6 Å². The van der Waals surface area contributed by atoms with Crippen LogP contribution in [0.3, 0.4) is 0 Å². The summed E-state index contributed by atoms with van der Waals surface area (Å²) in [7, 11) is 1.92. The van der Waals surface area contributed by atoms with Gasteiger partial charge in [0.25, 0.3) is 0 Å². The van der Waals surface area contributed by atoms with E-state index in [4.69, 9.17) is 0 Å². The number of hydrogen-bond acceptors (Lipinski definition) is 4. The SMILES string of the molecule is Cc1cc(C)c(NC(=O)CNC(=O)CN2CCC(Cc3cnn(C)c3)C2)c(C)c1. The number of anilines is 1. The molecule has 1 aliphatic heterocycles. The van der Waals surface area contributed by atoms with Crippen LogP contribution in [-0.4, -0.2) is 52.7 Å². The Labute approximate surface area is 172 Å². The van der Waals surface area contributed by atoms with Crippen LogP contribution in [0, 0.1) is 26.7 Å². The third-order valence-electron chi connectivity index (χ3n) is 5.41. The van der Waals surface area contributed by atoms with Gasteiger partial charge in [0.1, 0.15) is 0 Å². The quantitative estimate of drug-likeness (QED) is 0.749. The molecule has 1 aromatic heterocycles. The monoisotopic (exact) mass is 397 g/mol. The van der Waals surface area contributed by atoms with Gasteiger partial charge in [0.2, 0.25) is 11.8 Å². The summed E-state index contributed by atoms with van der Waals surface area (Å²) < 4.78 is 1.82. The highest BCUT2D eigenvalue weighted by Gasteiger charge is 2.24. The molecule has 1 atom stereocenters. The van der Waals surface area contributed by atoms with Gasteiger partial charge in [-0.25, -0.2) is 0 Å². The molecule has 3 rings (SSSR count). The number of amides is 2. The van der Waals surface area contributed by atoms with Crippen LogP contribution in [0.2, 0.25) is 0 Å². The number of likely N-dealkylation sites (tertiary alicyclic amines) is 1. The molecule has 2 amide bonds. The van der Waals surface area contributed by atoms with E-state index in [2.05, 4.69) is 20.6 Å². The molecule has 1 unspecified atom stereocenters. The summed E-state index contributed by atoms with van der Waals surface area (Å²) in [6.07, 6.45) is 6.02. The lowest BCUT2D eigenvalue weighted by Gasteiger charge is -2.16. The van der Waals surface area contributed by atoms with Crippen LogP contribution in [0.15, 0.2) is 24.5 Å². The van der Waals surface area contributed by atoms with E-state index >= 15 is 0 Å². The Bertz CT molecular complexity index is 866. The molecule has 1 fully saturated rings. The average molecular weight is 398 g/mol. The molecular formula is C22H31N5O2. The standard InChI is InChI=1S/C22H31N5O2/c1-15-7-16(2)22(17(3)8-15)25-20(28)11-23-21(29)14-27-6-5-18(13-27)9-19-10-24-26(4)12-19/h7-8,10,12,18H,5-6,9,11,13-14H2,1-4H3,(H,23,29)(H,25,28). The number of aromatic nitrogens is 2. The highest BCUT2D eigenvalue weighted by Crippen LogP contribution is 2.22. The van der Waals surface area contributed by atoms with Crippen LogP contribution in [0.4, 0.5) is 5.69 Å². The lowest BCUT2D eigenvalue weighted by molar-refractivity contribution is -0.124. The van der Waals surface area contributed by atoms with Crippen LogP contribution in [-0.2, 0) is 23.1 Å². The minimum absolute atomic E-state index is 0.0153. The van der Waals surface area contributed by atoms with Crippen molar-refractivity contribution in [1.82, 2.24) is 20.0 Å². The van der Waals surface area contributed by atoms with E-state index < -0.39 is 0 Å². The van der Waals surface area contributed by atoms with Crippen LogP contribution < -0.4 is 10.6 Å². The minimum Gasteiger partial charge on any atom is -0.346 e. The zero-order chi connectivity index (χ0) is 21.0. The Morgan fingerprint density at radius 2 is 1.90 bits per heavy atom. The van der Waals surface area contributed by atoms with Gasteiger partial charge >= 0.3 is 0 Å². The molecule has 29 heavy (non-hydrogen) atoms. The van der Waals surface area contributed by atoms with E-state index in [1.807, 2.05) is 57.0 Å². The maximum atomic E-state index is 12.3. The fourth-order valence-electron chi connectivity index (χ4n) is 4.13. The molecule has 1 saturated heterocycles. The zero-order valence-electron chi connectivity index (χ0n) is 17.8. The van der Waals surface area contributed by atoms with Crippen molar-refractivity contribution in [2.75, 3.05) is 31.5 Å². The lowest BCUT2D eigenvalue weighted by Crippen LogP contribution is -2.39. The third kappa shape index (κ3) is 5.90. The third-order valence-corrected chi connectivity index (χ3v) is 5.41. The van der Waals surface area contributed by atoms with Crippen molar-refractivity contribution < 1.29 is 9.59 Å². The summed E-state index contributed by atoms with van der Waals surface area (Å²) in [6.45, 7) is 8.11. The van der Waals surface area contributed by atoms with Gasteiger partial charge in [-0.3, -0.25) is 19.2 Å². The van der Waals surface area contributed by atoms with E-state index in [1.165, 1.54) is 11.1 Å². The first-order chi connectivity index (χ1) is 13.8. The second-order valence-corrected chi connectivity index (χ2v) is 8.21. The number of hydrogen-bond donors (Lipinski definition) is 2. The van der Waals surface area contributed by atoms with Gasteiger partial charge in [0.05, 0.1) is 19.3 Å². The van der Waals surface area contributed by atoms with Gasteiger partial charge in [-0.15, -0.1) is 0 Å². The molecule has 0 saturated carbocycles. The molecule has 0 aliphatic carbocycles. The number of carbonyl (C=O) groups excluding carboxylic acids is 2. The van der Waals surface area contributed by atoms with E-state index in [9.17, 15) is 9.59 Å².